The molecule has 0 radical (unpaired) electrons. The molecule has 1 unspecified atom stereocenters. The summed E-state index contributed by atoms with van der Waals surface area (Å²) in [6.45, 7) is 5.58. The molecule has 5 rings (SSSR count). The van der Waals surface area contributed by atoms with Crippen LogP contribution >= 0.6 is 0 Å². The van der Waals surface area contributed by atoms with Crippen molar-refractivity contribution in [2.24, 2.45) is 13.0 Å². The monoisotopic (exact) mass is 535 g/mol. The van der Waals surface area contributed by atoms with Gasteiger partial charge < -0.3 is 19.4 Å². The molecule has 1 amide bonds. The van der Waals surface area contributed by atoms with Gasteiger partial charge in [0.1, 0.15) is 17.0 Å². The van der Waals surface area contributed by atoms with Crippen molar-refractivity contribution in [3.05, 3.63) is 51.2 Å². The molecule has 1 aromatic carbocycles. The average molecular weight is 536 g/mol. The molecule has 1 fully saturated rings. The van der Waals surface area contributed by atoms with Crippen molar-refractivity contribution >= 4 is 22.8 Å². The van der Waals surface area contributed by atoms with Crippen LogP contribution in [0, 0.1) is 5.92 Å². The molecule has 4 aromatic rings. The molecule has 12 nitrogen and oxygen atoms in total. The minimum Gasteiger partial charge on any atom is -0.497 e. The number of imidazole rings is 1. The van der Waals surface area contributed by atoms with Gasteiger partial charge in [-0.15, -0.1) is 0 Å². The first-order chi connectivity index (χ1) is 18.8. The molecular formula is C27H33N7O5. The molecule has 206 valence electrons. The second-order valence-electron chi connectivity index (χ2n) is 9.75. The van der Waals surface area contributed by atoms with Gasteiger partial charge in [0.15, 0.2) is 11.5 Å². The Labute approximate surface area is 224 Å². The minimum absolute atomic E-state index is 0.0182. The Kier molecular flexibility index (Phi) is 7.27. The van der Waals surface area contributed by atoms with Crippen molar-refractivity contribution in [2.75, 3.05) is 25.2 Å². The largest absolute Gasteiger partial charge is 0.497 e. The van der Waals surface area contributed by atoms with Crippen LogP contribution in [-0.2, 0) is 24.9 Å². The van der Waals surface area contributed by atoms with Crippen LogP contribution in [0.25, 0.3) is 22.7 Å². The van der Waals surface area contributed by atoms with Crippen molar-refractivity contribution in [3.63, 3.8) is 0 Å². The summed E-state index contributed by atoms with van der Waals surface area (Å²) in [4.78, 5) is 48.1. The summed E-state index contributed by atoms with van der Waals surface area (Å²) < 4.78 is 15.7. The highest BCUT2D eigenvalue weighted by Gasteiger charge is 2.31. The van der Waals surface area contributed by atoms with E-state index < -0.39 is 0 Å². The van der Waals surface area contributed by atoms with E-state index in [4.69, 9.17) is 9.47 Å². The number of ether oxygens (including phenoxy) is 2. The molecule has 12 heteroatoms. The Morgan fingerprint density at radius 1 is 1.05 bits per heavy atom. The third-order valence-electron chi connectivity index (χ3n) is 6.89. The summed E-state index contributed by atoms with van der Waals surface area (Å²) >= 11 is 0. The van der Waals surface area contributed by atoms with Gasteiger partial charge in [-0.1, -0.05) is 13.8 Å². The SMILES string of the molecule is CCCn1c(=O)c2[nH]c(-c3cc(OCC4CC(=O)N(c5ccc(OC)cc5)C4)n(C)n3)nc2n(CCC)c1=O. The van der Waals surface area contributed by atoms with Crippen LogP contribution in [0.15, 0.2) is 39.9 Å². The van der Waals surface area contributed by atoms with Crippen molar-refractivity contribution in [1.29, 1.82) is 0 Å². The number of methoxy groups -OCH3 is 1. The van der Waals surface area contributed by atoms with Gasteiger partial charge in [0, 0.05) is 50.8 Å². The Bertz CT molecular complexity index is 1610. The van der Waals surface area contributed by atoms with E-state index >= 15 is 0 Å². The predicted octanol–water partition coefficient (Wildman–Crippen LogP) is 2.55. The Morgan fingerprint density at radius 2 is 1.77 bits per heavy atom. The maximum Gasteiger partial charge on any atom is 0.332 e. The summed E-state index contributed by atoms with van der Waals surface area (Å²) in [6.07, 6.45) is 1.78. The number of nitrogens with one attached hydrogen (secondary N) is 1. The second kappa shape index (κ2) is 10.8. The molecule has 1 N–H and O–H groups in total. The highest BCUT2D eigenvalue weighted by Crippen LogP contribution is 2.28. The average Bonchev–Trinajstić information content (AvgIpc) is 3.64. The Hall–Kier alpha value is -4.35. The molecule has 0 bridgehead atoms. The lowest BCUT2D eigenvalue weighted by molar-refractivity contribution is -0.117. The van der Waals surface area contributed by atoms with Gasteiger partial charge in [-0.2, -0.15) is 5.10 Å². The topological polar surface area (TPSA) is 129 Å². The van der Waals surface area contributed by atoms with Gasteiger partial charge in [0.05, 0.1) is 13.7 Å². The number of hydrogen-bond acceptors (Lipinski definition) is 7. The first-order valence-electron chi connectivity index (χ1n) is 13.2. The van der Waals surface area contributed by atoms with E-state index in [1.807, 2.05) is 38.1 Å². The normalized spacial score (nSPS) is 15.4. The van der Waals surface area contributed by atoms with E-state index in [-0.39, 0.29) is 28.6 Å². The van der Waals surface area contributed by atoms with Crippen molar-refractivity contribution in [2.45, 2.75) is 46.2 Å². The lowest BCUT2D eigenvalue weighted by Gasteiger charge is -2.17. The Balaban J connectivity index is 1.35. The molecule has 4 heterocycles. The van der Waals surface area contributed by atoms with Crippen LogP contribution in [0.3, 0.4) is 0 Å². The van der Waals surface area contributed by atoms with Gasteiger partial charge in [0.25, 0.3) is 5.56 Å². The van der Waals surface area contributed by atoms with Crippen LogP contribution in [0.5, 0.6) is 11.6 Å². The highest BCUT2D eigenvalue weighted by molar-refractivity contribution is 5.95. The quantitative estimate of drug-likeness (QED) is 0.330. The molecule has 1 aliphatic rings. The van der Waals surface area contributed by atoms with Gasteiger partial charge >= 0.3 is 5.69 Å². The van der Waals surface area contributed by atoms with E-state index in [0.29, 0.717) is 62.1 Å². The molecule has 0 spiro atoms. The van der Waals surface area contributed by atoms with Crippen LogP contribution in [-0.4, -0.2) is 55.1 Å². The van der Waals surface area contributed by atoms with Gasteiger partial charge in [-0.3, -0.25) is 18.7 Å². The number of fused-ring (bicyclic) bond motifs is 1. The number of hydrogen-bond donors (Lipinski definition) is 1. The number of amides is 1. The number of nitrogens with zero attached hydrogens (tertiary/aromatic N) is 6. The second-order valence-corrected chi connectivity index (χ2v) is 9.75. The van der Waals surface area contributed by atoms with Crippen molar-refractivity contribution in [1.82, 2.24) is 28.9 Å². The van der Waals surface area contributed by atoms with Crippen LogP contribution < -0.4 is 25.6 Å². The maximum absolute atomic E-state index is 13.0. The number of H-pyrrole nitrogens is 1. The number of aromatic nitrogens is 6. The summed E-state index contributed by atoms with van der Waals surface area (Å²) in [5.41, 5.74) is 1.18. The first-order valence-corrected chi connectivity index (χ1v) is 13.2. The van der Waals surface area contributed by atoms with Crippen LogP contribution in [0.4, 0.5) is 5.69 Å². The lowest BCUT2D eigenvalue weighted by atomic mass is 10.1. The van der Waals surface area contributed by atoms with Crippen molar-refractivity contribution in [3.8, 4) is 23.1 Å². The van der Waals surface area contributed by atoms with Crippen LogP contribution in [0.2, 0.25) is 0 Å². The number of aryl methyl sites for hydroxylation is 2. The lowest BCUT2D eigenvalue weighted by Crippen LogP contribution is -2.40. The van der Waals surface area contributed by atoms with Crippen LogP contribution in [0.1, 0.15) is 33.1 Å². The molecule has 1 atom stereocenters. The zero-order valence-corrected chi connectivity index (χ0v) is 22.6. The zero-order valence-electron chi connectivity index (χ0n) is 22.6. The van der Waals surface area contributed by atoms with E-state index in [9.17, 15) is 14.4 Å². The summed E-state index contributed by atoms with van der Waals surface area (Å²) in [6, 6.07) is 9.16. The minimum atomic E-state index is -0.386. The maximum atomic E-state index is 13.0. The first kappa shape index (κ1) is 26.3. The molecular weight excluding hydrogens is 502 g/mol. The predicted molar refractivity (Wildman–Crippen MR) is 146 cm³/mol. The summed E-state index contributed by atoms with van der Waals surface area (Å²) in [7, 11) is 3.36. The van der Waals surface area contributed by atoms with Gasteiger partial charge in [-0.25, -0.2) is 14.5 Å². The molecule has 3 aromatic heterocycles. The number of benzene rings is 1. The van der Waals surface area contributed by atoms with E-state index in [0.717, 1.165) is 17.9 Å². The van der Waals surface area contributed by atoms with Gasteiger partial charge in [-0.05, 0) is 37.1 Å². The van der Waals surface area contributed by atoms with E-state index in [2.05, 4.69) is 15.1 Å². The van der Waals surface area contributed by atoms with E-state index in [1.54, 1.807) is 34.4 Å². The third-order valence-corrected chi connectivity index (χ3v) is 6.89. The number of aromatic amines is 1. The van der Waals surface area contributed by atoms with Crippen molar-refractivity contribution < 1.29 is 14.3 Å². The number of rotatable bonds is 10. The smallest absolute Gasteiger partial charge is 0.332 e. The fourth-order valence-electron chi connectivity index (χ4n) is 4.94. The summed E-state index contributed by atoms with van der Waals surface area (Å²) in [5.74, 6) is 1.70. The van der Waals surface area contributed by atoms with E-state index in [1.165, 1.54) is 4.57 Å². The third kappa shape index (κ3) is 4.93. The molecule has 0 saturated carbocycles. The summed E-state index contributed by atoms with van der Waals surface area (Å²) in [5, 5.41) is 4.51. The standard InChI is InChI=1S/C27H33N7O5/c1-5-11-32-25-23(26(36)33(12-6-2)27(32)37)28-24(29-25)20-14-22(31(3)30-20)39-16-17-13-21(35)34(15-17)18-7-9-19(38-4)10-8-18/h7-10,14,17H,5-6,11-13,15-16H2,1-4H3,(H,28,29). The number of anilines is 1. The van der Waals surface area contributed by atoms with Gasteiger partial charge in [0.2, 0.25) is 11.8 Å². The molecule has 1 aliphatic heterocycles. The molecule has 0 aliphatic carbocycles. The fraction of sp³-hybridized carbons (Fsp3) is 0.444. The molecule has 1 saturated heterocycles. The number of carbonyl (C=O) groups excluding carboxylic acids is 1. The number of carbonyl (C=O) groups is 1. The fourth-order valence-corrected chi connectivity index (χ4v) is 4.94. The zero-order chi connectivity index (χ0) is 27.7. The molecule has 39 heavy (non-hydrogen) atoms. The Morgan fingerprint density at radius 3 is 2.46 bits per heavy atom. The highest BCUT2D eigenvalue weighted by atomic mass is 16.5.